The number of aryl methyl sites for hydroxylation is 2. The third kappa shape index (κ3) is 3.97. The molecule has 1 saturated heterocycles. The highest BCUT2D eigenvalue weighted by molar-refractivity contribution is 6.30. The second kappa shape index (κ2) is 7.37. The molecule has 0 unspecified atom stereocenters. The van der Waals surface area contributed by atoms with Crippen molar-refractivity contribution < 1.29 is 4.79 Å². The molecule has 0 radical (unpaired) electrons. The second-order valence-electron chi connectivity index (χ2n) is 6.52. The number of rotatable bonds is 3. The fraction of sp³-hybridized carbons (Fsp3) is 0.350. The summed E-state index contributed by atoms with van der Waals surface area (Å²) in [7, 11) is 0. The van der Waals surface area contributed by atoms with Crippen molar-refractivity contribution in [2.45, 2.75) is 20.4 Å². The third-order valence-electron chi connectivity index (χ3n) is 4.57. The summed E-state index contributed by atoms with van der Waals surface area (Å²) in [5.74, 6) is 0.148. The molecular formula is C20H23ClN2O. The summed E-state index contributed by atoms with van der Waals surface area (Å²) in [6.45, 7) is 8.27. The molecule has 0 atom stereocenters. The Bertz CT molecular complexity index is 736. The molecule has 0 aliphatic carbocycles. The fourth-order valence-electron chi connectivity index (χ4n) is 3.23. The Morgan fingerprint density at radius 3 is 2.46 bits per heavy atom. The lowest BCUT2D eigenvalue weighted by Gasteiger charge is -2.35. The normalized spacial score (nSPS) is 15.5. The third-order valence-corrected chi connectivity index (χ3v) is 4.80. The number of amides is 1. The van der Waals surface area contributed by atoms with Crippen LogP contribution in [0.4, 0.5) is 0 Å². The number of hydrogen-bond donors (Lipinski definition) is 0. The molecule has 126 valence electrons. The van der Waals surface area contributed by atoms with Crippen molar-refractivity contribution in [1.82, 2.24) is 9.80 Å². The summed E-state index contributed by atoms with van der Waals surface area (Å²) in [6, 6.07) is 14.0. The van der Waals surface area contributed by atoms with Gasteiger partial charge in [0, 0.05) is 43.3 Å². The smallest absolute Gasteiger partial charge is 0.254 e. The maximum Gasteiger partial charge on any atom is 0.254 e. The molecule has 24 heavy (non-hydrogen) atoms. The van der Waals surface area contributed by atoms with Gasteiger partial charge in [-0.3, -0.25) is 9.69 Å². The van der Waals surface area contributed by atoms with Crippen LogP contribution in [0.15, 0.2) is 42.5 Å². The Morgan fingerprint density at radius 1 is 1.04 bits per heavy atom. The predicted octanol–water partition coefficient (Wildman–Crippen LogP) is 3.91. The minimum absolute atomic E-state index is 0.148. The van der Waals surface area contributed by atoms with Crippen molar-refractivity contribution in [1.29, 1.82) is 0 Å². The number of piperazine rings is 1. The zero-order valence-corrected chi connectivity index (χ0v) is 15.0. The van der Waals surface area contributed by atoms with Gasteiger partial charge in [-0.15, -0.1) is 0 Å². The fourth-order valence-corrected chi connectivity index (χ4v) is 3.44. The SMILES string of the molecule is Cc1ccc(C(=O)N2CCN(Cc3cccc(Cl)c3)CC2)c(C)c1. The maximum absolute atomic E-state index is 12.7. The van der Waals surface area contributed by atoms with Crippen LogP contribution in [0.1, 0.15) is 27.0 Å². The molecule has 2 aromatic carbocycles. The van der Waals surface area contributed by atoms with Crippen molar-refractivity contribution in [3.05, 3.63) is 69.7 Å². The average Bonchev–Trinajstić information content (AvgIpc) is 2.55. The van der Waals surface area contributed by atoms with E-state index >= 15 is 0 Å². The average molecular weight is 343 g/mol. The van der Waals surface area contributed by atoms with E-state index in [9.17, 15) is 4.79 Å². The molecule has 0 saturated carbocycles. The van der Waals surface area contributed by atoms with Crippen LogP contribution in [0, 0.1) is 13.8 Å². The molecule has 0 aromatic heterocycles. The maximum atomic E-state index is 12.7. The van der Waals surface area contributed by atoms with Crippen molar-refractivity contribution in [2.75, 3.05) is 26.2 Å². The van der Waals surface area contributed by atoms with Crippen LogP contribution in [0.5, 0.6) is 0 Å². The summed E-state index contributed by atoms with van der Waals surface area (Å²) < 4.78 is 0. The van der Waals surface area contributed by atoms with Gasteiger partial charge in [0.2, 0.25) is 0 Å². The molecule has 1 aliphatic rings. The Morgan fingerprint density at radius 2 is 1.79 bits per heavy atom. The Balaban J connectivity index is 1.59. The van der Waals surface area contributed by atoms with Crippen LogP contribution in [0.2, 0.25) is 5.02 Å². The first-order chi connectivity index (χ1) is 11.5. The van der Waals surface area contributed by atoms with E-state index in [2.05, 4.69) is 24.0 Å². The lowest BCUT2D eigenvalue weighted by molar-refractivity contribution is 0.0628. The van der Waals surface area contributed by atoms with E-state index in [1.807, 2.05) is 42.2 Å². The quantitative estimate of drug-likeness (QED) is 0.844. The summed E-state index contributed by atoms with van der Waals surface area (Å²) in [4.78, 5) is 17.1. The van der Waals surface area contributed by atoms with Gasteiger partial charge in [0.15, 0.2) is 0 Å². The van der Waals surface area contributed by atoms with E-state index in [0.29, 0.717) is 0 Å². The van der Waals surface area contributed by atoms with E-state index in [1.165, 1.54) is 11.1 Å². The minimum Gasteiger partial charge on any atom is -0.336 e. The van der Waals surface area contributed by atoms with Gasteiger partial charge < -0.3 is 4.90 Å². The Hall–Kier alpha value is -1.84. The van der Waals surface area contributed by atoms with Gasteiger partial charge in [0.05, 0.1) is 0 Å². The monoisotopic (exact) mass is 342 g/mol. The molecule has 1 fully saturated rings. The standard InChI is InChI=1S/C20H23ClN2O/c1-15-6-7-19(16(2)12-15)20(24)23-10-8-22(9-11-23)14-17-4-3-5-18(21)13-17/h3-7,12-13H,8-11,14H2,1-2H3. The lowest BCUT2D eigenvalue weighted by atomic mass is 10.0. The van der Waals surface area contributed by atoms with Gasteiger partial charge in [-0.2, -0.15) is 0 Å². The highest BCUT2D eigenvalue weighted by Crippen LogP contribution is 2.17. The number of benzene rings is 2. The molecule has 4 heteroatoms. The molecule has 1 heterocycles. The number of carbonyl (C=O) groups is 1. The highest BCUT2D eigenvalue weighted by Gasteiger charge is 2.23. The number of halogens is 1. The van der Waals surface area contributed by atoms with Gasteiger partial charge in [0.1, 0.15) is 0 Å². The van der Waals surface area contributed by atoms with E-state index in [4.69, 9.17) is 11.6 Å². The molecule has 2 aromatic rings. The Kier molecular flexibility index (Phi) is 5.22. The molecule has 0 N–H and O–H groups in total. The van der Waals surface area contributed by atoms with E-state index in [1.54, 1.807) is 0 Å². The van der Waals surface area contributed by atoms with Gasteiger partial charge in [-0.25, -0.2) is 0 Å². The van der Waals surface area contributed by atoms with E-state index < -0.39 is 0 Å². The summed E-state index contributed by atoms with van der Waals surface area (Å²) in [5, 5.41) is 0.774. The van der Waals surface area contributed by atoms with Crippen LogP contribution in [-0.2, 0) is 6.54 Å². The van der Waals surface area contributed by atoms with Crippen molar-refractivity contribution in [2.24, 2.45) is 0 Å². The molecule has 3 rings (SSSR count). The van der Waals surface area contributed by atoms with Crippen LogP contribution in [0.3, 0.4) is 0 Å². The summed E-state index contributed by atoms with van der Waals surface area (Å²) in [6.07, 6.45) is 0. The van der Waals surface area contributed by atoms with Crippen molar-refractivity contribution >= 4 is 17.5 Å². The largest absolute Gasteiger partial charge is 0.336 e. The molecule has 0 bridgehead atoms. The first kappa shape index (κ1) is 17.0. The molecular weight excluding hydrogens is 320 g/mol. The molecule has 0 spiro atoms. The predicted molar refractivity (Wildman–Crippen MR) is 98.5 cm³/mol. The van der Waals surface area contributed by atoms with Crippen molar-refractivity contribution in [3.8, 4) is 0 Å². The number of hydrogen-bond acceptors (Lipinski definition) is 2. The van der Waals surface area contributed by atoms with Gasteiger partial charge >= 0.3 is 0 Å². The van der Waals surface area contributed by atoms with Crippen LogP contribution in [-0.4, -0.2) is 41.9 Å². The van der Waals surface area contributed by atoms with E-state index in [0.717, 1.165) is 48.9 Å². The molecule has 1 amide bonds. The molecule has 3 nitrogen and oxygen atoms in total. The second-order valence-corrected chi connectivity index (χ2v) is 6.95. The minimum atomic E-state index is 0.148. The first-order valence-electron chi connectivity index (χ1n) is 8.36. The van der Waals surface area contributed by atoms with Gasteiger partial charge in [-0.05, 0) is 43.2 Å². The summed E-state index contributed by atoms with van der Waals surface area (Å²) in [5.41, 5.74) is 4.29. The van der Waals surface area contributed by atoms with Crippen LogP contribution < -0.4 is 0 Å². The van der Waals surface area contributed by atoms with Gasteiger partial charge in [0.25, 0.3) is 5.91 Å². The van der Waals surface area contributed by atoms with Crippen LogP contribution in [0.25, 0.3) is 0 Å². The first-order valence-corrected chi connectivity index (χ1v) is 8.74. The zero-order chi connectivity index (χ0) is 17.1. The Labute approximate surface area is 148 Å². The van der Waals surface area contributed by atoms with Crippen molar-refractivity contribution in [3.63, 3.8) is 0 Å². The number of nitrogens with zero attached hydrogens (tertiary/aromatic N) is 2. The van der Waals surface area contributed by atoms with Crippen LogP contribution >= 0.6 is 11.6 Å². The summed E-state index contributed by atoms with van der Waals surface area (Å²) >= 11 is 6.05. The topological polar surface area (TPSA) is 23.6 Å². The van der Waals surface area contributed by atoms with E-state index in [-0.39, 0.29) is 5.91 Å². The number of carbonyl (C=O) groups excluding carboxylic acids is 1. The zero-order valence-electron chi connectivity index (χ0n) is 14.3. The highest BCUT2D eigenvalue weighted by atomic mass is 35.5. The molecule has 1 aliphatic heterocycles. The van der Waals surface area contributed by atoms with Gasteiger partial charge in [-0.1, -0.05) is 41.4 Å². The lowest BCUT2D eigenvalue weighted by Crippen LogP contribution is -2.48.